The number of anilines is 1. The average molecular weight is 364 g/mol. The minimum atomic E-state index is -1.83. The van der Waals surface area contributed by atoms with Crippen LogP contribution in [0.4, 0.5) is 5.69 Å². The minimum absolute atomic E-state index is 0.121. The fourth-order valence-electron chi connectivity index (χ4n) is 3.75. The number of fused-ring (bicyclic) bond motifs is 2. The van der Waals surface area contributed by atoms with E-state index < -0.39 is 11.5 Å². The molecule has 1 unspecified atom stereocenters. The summed E-state index contributed by atoms with van der Waals surface area (Å²) in [6.07, 6.45) is 0. The first-order chi connectivity index (χ1) is 13.0. The van der Waals surface area contributed by atoms with Gasteiger partial charge >= 0.3 is 0 Å². The van der Waals surface area contributed by atoms with Gasteiger partial charge in [0, 0.05) is 22.4 Å². The third kappa shape index (κ3) is 2.12. The van der Waals surface area contributed by atoms with Crippen LogP contribution in [0.25, 0.3) is 11.1 Å². The van der Waals surface area contributed by atoms with E-state index in [-0.39, 0.29) is 6.79 Å². The molecule has 0 saturated carbocycles. The second-order valence-electron chi connectivity index (χ2n) is 6.69. The predicted octanol–water partition coefficient (Wildman–Crippen LogP) is 2.88. The van der Waals surface area contributed by atoms with Crippen LogP contribution in [0.1, 0.15) is 22.6 Å². The fraction of sp³-hybridized carbons (Fsp3) is 0.200. The number of carbonyl (C=O) groups excluding carboxylic acids is 1. The number of nitrogens with one attached hydrogen (secondary N) is 1. The Kier molecular flexibility index (Phi) is 3.14. The Morgan fingerprint density at radius 3 is 2.70 bits per heavy atom. The van der Waals surface area contributed by atoms with Crippen LogP contribution in [0.5, 0.6) is 11.5 Å². The molecule has 27 heavy (non-hydrogen) atoms. The van der Waals surface area contributed by atoms with Crippen molar-refractivity contribution in [3.8, 4) is 22.6 Å². The first-order valence-electron chi connectivity index (χ1n) is 8.50. The summed E-state index contributed by atoms with van der Waals surface area (Å²) in [5, 5.41) is 18.2. The number of hydrogen-bond donors (Lipinski definition) is 2. The molecular weight excluding hydrogens is 348 g/mol. The Labute approximate surface area is 154 Å². The lowest BCUT2D eigenvalue weighted by Gasteiger charge is -2.22. The van der Waals surface area contributed by atoms with Crippen LogP contribution in [-0.4, -0.2) is 23.0 Å². The Balaban J connectivity index is 1.68. The molecule has 3 heterocycles. The molecule has 5 rings (SSSR count). The van der Waals surface area contributed by atoms with Crippen molar-refractivity contribution in [1.29, 1.82) is 0 Å². The average Bonchev–Trinajstić information content (AvgIpc) is 3.33. The van der Waals surface area contributed by atoms with Crippen molar-refractivity contribution in [2.45, 2.75) is 19.4 Å². The third-order valence-corrected chi connectivity index (χ3v) is 5.10. The van der Waals surface area contributed by atoms with Crippen LogP contribution in [0.2, 0.25) is 0 Å². The number of amides is 1. The van der Waals surface area contributed by atoms with E-state index in [2.05, 4.69) is 10.5 Å². The van der Waals surface area contributed by atoms with Crippen LogP contribution in [0.3, 0.4) is 0 Å². The van der Waals surface area contributed by atoms with E-state index in [1.165, 1.54) is 0 Å². The van der Waals surface area contributed by atoms with Crippen molar-refractivity contribution >= 4 is 11.6 Å². The Morgan fingerprint density at radius 1 is 1.11 bits per heavy atom. The maximum Gasteiger partial charge on any atom is 0.265 e. The fourth-order valence-corrected chi connectivity index (χ4v) is 3.75. The van der Waals surface area contributed by atoms with E-state index in [0.717, 1.165) is 16.8 Å². The minimum Gasteiger partial charge on any atom is -0.454 e. The summed E-state index contributed by atoms with van der Waals surface area (Å²) in [6.45, 7) is 3.80. The summed E-state index contributed by atoms with van der Waals surface area (Å²) in [6, 6.07) is 10.4. The standard InChI is InChI=1S/C20H16N2O5/c1-10-18(11(2)27-22-10)12-3-5-15-14(7-12)20(24,19(23)21-15)13-4-6-16-17(8-13)26-9-25-16/h3-8,24H,9H2,1-2H3,(H,21,23). The van der Waals surface area contributed by atoms with Crippen molar-refractivity contribution in [2.24, 2.45) is 0 Å². The smallest absolute Gasteiger partial charge is 0.265 e. The van der Waals surface area contributed by atoms with Gasteiger partial charge in [-0.15, -0.1) is 0 Å². The lowest BCUT2D eigenvalue weighted by molar-refractivity contribution is -0.129. The van der Waals surface area contributed by atoms with E-state index in [9.17, 15) is 9.90 Å². The molecule has 136 valence electrons. The zero-order valence-corrected chi connectivity index (χ0v) is 14.7. The Bertz CT molecular complexity index is 1080. The van der Waals surface area contributed by atoms with Crippen molar-refractivity contribution in [3.05, 3.63) is 59.0 Å². The highest BCUT2D eigenvalue weighted by Gasteiger charge is 2.47. The number of ether oxygens (including phenoxy) is 2. The molecule has 0 bridgehead atoms. The molecule has 0 fully saturated rings. The maximum absolute atomic E-state index is 12.7. The molecule has 7 heteroatoms. The number of benzene rings is 2. The summed E-state index contributed by atoms with van der Waals surface area (Å²) >= 11 is 0. The van der Waals surface area contributed by atoms with Crippen molar-refractivity contribution in [2.75, 3.05) is 12.1 Å². The van der Waals surface area contributed by atoms with Crippen molar-refractivity contribution in [3.63, 3.8) is 0 Å². The van der Waals surface area contributed by atoms with Gasteiger partial charge in [0.05, 0.1) is 5.69 Å². The topological polar surface area (TPSA) is 93.8 Å². The molecule has 0 saturated heterocycles. The summed E-state index contributed by atoms with van der Waals surface area (Å²) in [7, 11) is 0. The van der Waals surface area contributed by atoms with Gasteiger partial charge in [0.2, 0.25) is 6.79 Å². The highest BCUT2D eigenvalue weighted by molar-refractivity contribution is 6.07. The van der Waals surface area contributed by atoms with Crippen molar-refractivity contribution < 1.29 is 23.9 Å². The van der Waals surface area contributed by atoms with Gasteiger partial charge in [-0.05, 0) is 43.7 Å². The second-order valence-corrected chi connectivity index (χ2v) is 6.69. The first kappa shape index (κ1) is 15.9. The number of aryl methyl sites for hydroxylation is 2. The molecule has 1 atom stereocenters. The number of nitrogens with zero attached hydrogens (tertiary/aromatic N) is 1. The van der Waals surface area contributed by atoms with Gasteiger partial charge in [0.25, 0.3) is 5.91 Å². The van der Waals surface area contributed by atoms with Gasteiger partial charge in [-0.25, -0.2) is 0 Å². The summed E-state index contributed by atoms with van der Waals surface area (Å²) in [4.78, 5) is 12.7. The van der Waals surface area contributed by atoms with E-state index in [1.54, 1.807) is 30.3 Å². The van der Waals surface area contributed by atoms with E-state index in [4.69, 9.17) is 14.0 Å². The van der Waals surface area contributed by atoms with Crippen LogP contribution < -0.4 is 14.8 Å². The molecule has 2 aromatic carbocycles. The van der Waals surface area contributed by atoms with E-state index in [0.29, 0.717) is 34.1 Å². The molecule has 7 nitrogen and oxygen atoms in total. The lowest BCUT2D eigenvalue weighted by atomic mass is 9.85. The van der Waals surface area contributed by atoms with Gasteiger partial charge in [-0.2, -0.15) is 0 Å². The SMILES string of the molecule is Cc1noc(C)c1-c1ccc2c(c1)C(O)(c1ccc3c(c1)OCO3)C(=O)N2. The summed E-state index contributed by atoms with van der Waals surface area (Å²) in [5.41, 5.74) is 2.05. The van der Waals surface area contributed by atoms with Gasteiger partial charge in [-0.1, -0.05) is 17.3 Å². The van der Waals surface area contributed by atoms with Crippen LogP contribution >= 0.6 is 0 Å². The second kappa shape index (κ2) is 5.34. The van der Waals surface area contributed by atoms with Gasteiger partial charge in [-0.3, -0.25) is 4.79 Å². The zero-order valence-electron chi connectivity index (χ0n) is 14.7. The number of carbonyl (C=O) groups is 1. The lowest BCUT2D eigenvalue weighted by Crippen LogP contribution is -2.35. The van der Waals surface area contributed by atoms with E-state index >= 15 is 0 Å². The maximum atomic E-state index is 12.7. The quantitative estimate of drug-likeness (QED) is 0.726. The first-order valence-corrected chi connectivity index (χ1v) is 8.50. The number of aliphatic hydroxyl groups is 1. The van der Waals surface area contributed by atoms with Gasteiger partial charge < -0.3 is 24.4 Å². The normalized spacial score (nSPS) is 19.9. The molecule has 2 aliphatic heterocycles. The van der Waals surface area contributed by atoms with Crippen LogP contribution in [0.15, 0.2) is 40.9 Å². The molecule has 2 aliphatic rings. The number of aromatic nitrogens is 1. The number of hydrogen-bond acceptors (Lipinski definition) is 6. The predicted molar refractivity (Wildman–Crippen MR) is 95.6 cm³/mol. The molecule has 2 N–H and O–H groups in total. The van der Waals surface area contributed by atoms with Crippen LogP contribution in [0, 0.1) is 13.8 Å². The molecule has 0 spiro atoms. The highest BCUT2D eigenvalue weighted by Crippen LogP contribution is 2.45. The monoisotopic (exact) mass is 364 g/mol. The summed E-state index contributed by atoms with van der Waals surface area (Å²) < 4.78 is 16.0. The zero-order chi connectivity index (χ0) is 18.8. The molecule has 1 amide bonds. The molecule has 3 aromatic rings. The Hall–Kier alpha value is -3.32. The largest absolute Gasteiger partial charge is 0.454 e. The molecule has 0 aliphatic carbocycles. The summed E-state index contributed by atoms with van der Waals surface area (Å²) in [5.74, 6) is 1.26. The van der Waals surface area contributed by atoms with Crippen LogP contribution in [-0.2, 0) is 10.4 Å². The molecule has 1 aromatic heterocycles. The van der Waals surface area contributed by atoms with Gasteiger partial charge in [0.15, 0.2) is 17.1 Å². The Morgan fingerprint density at radius 2 is 1.93 bits per heavy atom. The van der Waals surface area contributed by atoms with Gasteiger partial charge in [0.1, 0.15) is 5.76 Å². The third-order valence-electron chi connectivity index (χ3n) is 5.10. The molecule has 0 radical (unpaired) electrons. The number of rotatable bonds is 2. The van der Waals surface area contributed by atoms with Crippen molar-refractivity contribution in [1.82, 2.24) is 5.16 Å². The van der Waals surface area contributed by atoms with E-state index in [1.807, 2.05) is 19.9 Å². The molecular formula is C20H16N2O5. The highest BCUT2D eigenvalue weighted by atomic mass is 16.7.